The molecule has 0 atom stereocenters. The third-order valence-corrected chi connectivity index (χ3v) is 4.09. The smallest absolute Gasteiger partial charge is 0.399 e. The summed E-state index contributed by atoms with van der Waals surface area (Å²) < 4.78 is 99.7. The number of aromatic nitrogens is 2. The number of benzene rings is 1. The first-order valence-corrected chi connectivity index (χ1v) is 7.11. The minimum atomic E-state index is -5.12. The molecular weight excluding hydrogens is 320 g/mol. The Bertz CT molecular complexity index is 1030. The van der Waals surface area contributed by atoms with Crippen LogP contribution >= 0.6 is 0 Å². The van der Waals surface area contributed by atoms with Crippen molar-refractivity contribution < 1.29 is 30.7 Å². The van der Waals surface area contributed by atoms with Crippen LogP contribution in [-0.2, 0) is 15.5 Å². The van der Waals surface area contributed by atoms with Crippen molar-refractivity contribution in [2.75, 3.05) is 0 Å². The van der Waals surface area contributed by atoms with E-state index < -0.39 is 72.3 Å². The van der Waals surface area contributed by atoms with Gasteiger partial charge in [0.25, 0.3) is 0 Å². The average Bonchev–Trinajstić information content (AvgIpc) is 2.96. The molecule has 24 heavy (non-hydrogen) atoms. The van der Waals surface area contributed by atoms with Crippen molar-refractivity contribution in [3.05, 3.63) is 42.1 Å². The summed E-state index contributed by atoms with van der Waals surface area (Å²) in [4.78, 5) is 0. The molecule has 1 aromatic carbocycles. The zero-order valence-electron chi connectivity index (χ0n) is 19.4. The normalized spacial score (nSPS) is 23.2. The van der Waals surface area contributed by atoms with E-state index in [2.05, 4.69) is 5.10 Å². The van der Waals surface area contributed by atoms with Gasteiger partial charge in [0.2, 0.25) is 0 Å². The van der Waals surface area contributed by atoms with Gasteiger partial charge in [-0.1, -0.05) is 6.04 Å². The van der Waals surface area contributed by atoms with Crippen LogP contribution in [0.15, 0.2) is 36.5 Å². The molecule has 8 heteroatoms. The van der Waals surface area contributed by atoms with Crippen molar-refractivity contribution in [2.24, 2.45) is 0 Å². The highest BCUT2D eigenvalue weighted by atomic mass is 19.4. The zero-order valence-corrected chi connectivity index (χ0v) is 13.4. The van der Waals surface area contributed by atoms with Gasteiger partial charge in [-0.15, -0.1) is 0 Å². The lowest BCUT2D eigenvalue weighted by molar-refractivity contribution is -0.137. The monoisotopic (exact) mass is 344 g/mol. The number of alkyl halides is 3. The molecule has 1 aliphatic rings. The van der Waals surface area contributed by atoms with Crippen LogP contribution in [-0.4, -0.2) is 28.1 Å². The molecule has 0 amide bonds. The van der Waals surface area contributed by atoms with Crippen molar-refractivity contribution in [3.8, 4) is 5.69 Å². The molecule has 1 fully saturated rings. The highest BCUT2D eigenvalue weighted by Gasteiger charge is 2.52. The minimum Gasteiger partial charge on any atom is -0.399 e. The van der Waals surface area contributed by atoms with Crippen LogP contribution in [0.5, 0.6) is 0 Å². The Morgan fingerprint density at radius 3 is 2.38 bits per heavy atom. The van der Waals surface area contributed by atoms with E-state index in [-0.39, 0.29) is 5.46 Å². The second-order valence-corrected chi connectivity index (χ2v) is 6.36. The van der Waals surface area contributed by atoms with Gasteiger partial charge in [-0.25, -0.2) is 4.68 Å². The number of nitrogens with zero attached hydrogens (tertiary/aromatic N) is 2. The van der Waals surface area contributed by atoms with E-state index in [0.717, 1.165) is 0 Å². The molecule has 0 bridgehead atoms. The van der Waals surface area contributed by atoms with Crippen LogP contribution < -0.4 is 5.46 Å². The molecule has 2 aromatic rings. The second kappa shape index (κ2) is 5.36. The van der Waals surface area contributed by atoms with Crippen molar-refractivity contribution in [1.29, 1.82) is 0 Å². The second-order valence-electron chi connectivity index (χ2n) is 6.36. The molecule has 0 N–H and O–H groups in total. The zero-order chi connectivity index (χ0) is 23.0. The van der Waals surface area contributed by atoms with Gasteiger partial charge in [-0.2, -0.15) is 18.3 Å². The number of hydrogen-bond acceptors (Lipinski definition) is 3. The van der Waals surface area contributed by atoms with Gasteiger partial charge < -0.3 is 9.31 Å². The van der Waals surface area contributed by atoms with Crippen molar-refractivity contribution >= 4 is 12.6 Å². The van der Waals surface area contributed by atoms with Crippen molar-refractivity contribution in [1.82, 2.24) is 9.78 Å². The fourth-order valence-electron chi connectivity index (χ4n) is 2.02. The Morgan fingerprint density at radius 2 is 1.79 bits per heavy atom. The van der Waals surface area contributed by atoms with Gasteiger partial charge >= 0.3 is 13.3 Å². The van der Waals surface area contributed by atoms with E-state index in [1.54, 1.807) is 27.7 Å². The molecule has 1 saturated heterocycles. The quantitative estimate of drug-likeness (QED) is 0.785. The summed E-state index contributed by atoms with van der Waals surface area (Å²) in [5.74, 6) is 0. The maximum atomic E-state index is 13.4. The van der Waals surface area contributed by atoms with Crippen LogP contribution in [0.2, 0.25) is 0 Å². The third-order valence-electron chi connectivity index (χ3n) is 4.09. The molecule has 0 spiro atoms. The van der Waals surface area contributed by atoms with Crippen molar-refractivity contribution in [3.63, 3.8) is 0 Å². The number of hydrogen-bond donors (Lipinski definition) is 0. The molecule has 2 heterocycles. The van der Waals surface area contributed by atoms with E-state index in [0.29, 0.717) is 4.68 Å². The molecule has 0 radical (unpaired) electrons. The fourth-order valence-corrected chi connectivity index (χ4v) is 2.02. The molecular formula is C16H18BF3N2O2. The van der Waals surface area contributed by atoms with E-state index in [9.17, 15) is 13.2 Å². The van der Waals surface area contributed by atoms with Crippen LogP contribution in [0.25, 0.3) is 5.69 Å². The van der Waals surface area contributed by atoms with Gasteiger partial charge in [0.1, 0.15) is 0 Å². The highest BCUT2D eigenvalue weighted by molar-refractivity contribution is 6.62. The maximum absolute atomic E-state index is 13.4. The lowest BCUT2D eigenvalue weighted by Gasteiger charge is -2.32. The lowest BCUT2D eigenvalue weighted by Crippen LogP contribution is -2.41. The summed E-state index contributed by atoms with van der Waals surface area (Å²) in [5.41, 5.74) is -4.33. The summed E-state index contributed by atoms with van der Waals surface area (Å²) in [6.45, 7) is 6.96. The third kappa shape index (κ3) is 2.96. The molecule has 1 aliphatic heterocycles. The molecule has 4 nitrogen and oxygen atoms in total. The molecule has 128 valence electrons. The first-order chi connectivity index (χ1) is 13.5. The standard InChI is InChI=1S/C16H18BF3N2O2/c1-14(2)15(3,4)24-17(23-14)12-9-21-22(10-12)13-7-5-6-11(8-13)16(18,19)20/h5-10H,1-4H3/i5D,6D,7D,8D,9D,10D. The predicted octanol–water partition coefficient (Wildman–Crippen LogP) is 3.19. The first-order valence-electron chi connectivity index (χ1n) is 10.1. The van der Waals surface area contributed by atoms with Crippen LogP contribution in [0, 0.1) is 0 Å². The lowest BCUT2D eigenvalue weighted by atomic mass is 9.82. The van der Waals surface area contributed by atoms with Crippen LogP contribution in [0.1, 0.15) is 41.5 Å². The molecule has 0 saturated carbocycles. The predicted molar refractivity (Wildman–Crippen MR) is 84.3 cm³/mol. The summed E-state index contributed by atoms with van der Waals surface area (Å²) in [6.07, 6.45) is -6.27. The van der Waals surface area contributed by atoms with Crippen molar-refractivity contribution in [2.45, 2.75) is 45.1 Å². The van der Waals surface area contributed by atoms with Crippen LogP contribution in [0.3, 0.4) is 0 Å². The Labute approximate surface area is 147 Å². The Morgan fingerprint density at radius 1 is 1.17 bits per heavy atom. The van der Waals surface area contributed by atoms with E-state index in [4.69, 9.17) is 17.5 Å². The largest absolute Gasteiger partial charge is 0.498 e. The highest BCUT2D eigenvalue weighted by Crippen LogP contribution is 2.36. The molecule has 0 unspecified atom stereocenters. The fraction of sp³-hybridized carbons (Fsp3) is 0.438. The van der Waals surface area contributed by atoms with Gasteiger partial charge in [-0.05, 0) is 45.8 Å². The summed E-state index contributed by atoms with van der Waals surface area (Å²) in [7, 11) is -1.21. The minimum absolute atomic E-state index is 0.178. The van der Waals surface area contributed by atoms with E-state index in [1.807, 2.05) is 0 Å². The number of halogens is 3. The summed E-state index contributed by atoms with van der Waals surface area (Å²) in [5, 5.41) is 3.72. The Hall–Kier alpha value is -1.80. The average molecular weight is 344 g/mol. The summed E-state index contributed by atoms with van der Waals surface area (Å²) in [6, 6.07) is -4.52. The number of rotatable bonds is 2. The molecule has 1 aromatic heterocycles. The maximum Gasteiger partial charge on any atom is 0.498 e. The first kappa shape index (κ1) is 10.9. The summed E-state index contributed by atoms with van der Waals surface area (Å²) >= 11 is 0. The van der Waals surface area contributed by atoms with E-state index in [1.165, 1.54) is 0 Å². The van der Waals surface area contributed by atoms with E-state index >= 15 is 0 Å². The Balaban J connectivity index is 2.24. The van der Waals surface area contributed by atoms with Crippen LogP contribution in [0.4, 0.5) is 13.2 Å². The topological polar surface area (TPSA) is 36.3 Å². The van der Waals surface area contributed by atoms with Gasteiger partial charge in [0, 0.05) is 17.8 Å². The van der Waals surface area contributed by atoms with Gasteiger partial charge in [-0.3, -0.25) is 0 Å². The molecule has 0 aliphatic carbocycles. The SMILES string of the molecule is [2H]c1nn(-c2c([2H])c([2H])c([2H])c(C(F)(F)F)c2[2H])c([2H])c1B1OC(C)(C)C(C)(C)O1. The van der Waals surface area contributed by atoms with Gasteiger partial charge in [0.05, 0.1) is 30.7 Å². The Kier molecular flexibility index (Phi) is 2.44. The molecule has 3 rings (SSSR count). The van der Waals surface area contributed by atoms with Gasteiger partial charge in [0.15, 0.2) is 0 Å².